The zero-order valence-electron chi connectivity index (χ0n) is 3.02. The normalized spacial score (nSPS) is 17.2. The number of hydrogen-bond donors (Lipinski definition) is 1. The standard InChI is InChI=1S/CH8OSi2/c2-1(3)4/h1-2H,3-4H3. The van der Waals surface area contributed by atoms with Crippen molar-refractivity contribution in [3.63, 3.8) is 0 Å². The van der Waals surface area contributed by atoms with Crippen LogP contribution < -0.4 is 0 Å². The highest BCUT2D eigenvalue weighted by molar-refractivity contribution is 6.34. The quantitative estimate of drug-likeness (QED) is 0.316. The minimum absolute atomic E-state index is 0.111. The smallest absolute Gasteiger partial charge is 0.0335 e. The molecule has 0 aliphatic carbocycles. The second-order valence-corrected chi connectivity index (χ2v) is 6.75. The summed E-state index contributed by atoms with van der Waals surface area (Å²) in [4.78, 5) is 0. The van der Waals surface area contributed by atoms with E-state index in [4.69, 9.17) is 5.11 Å². The zero-order valence-corrected chi connectivity index (χ0v) is 7.02. The van der Waals surface area contributed by atoms with Crippen molar-refractivity contribution >= 4 is 20.5 Å². The van der Waals surface area contributed by atoms with Crippen molar-refractivity contribution in [2.75, 3.05) is 0 Å². The van der Waals surface area contributed by atoms with Crippen molar-refractivity contribution < 1.29 is 5.11 Å². The molecule has 0 saturated carbocycles. The van der Waals surface area contributed by atoms with Crippen LogP contribution in [0, 0.1) is 0 Å². The average molecular weight is 92.2 g/mol. The van der Waals surface area contributed by atoms with Gasteiger partial charge in [-0.25, -0.2) is 0 Å². The summed E-state index contributed by atoms with van der Waals surface area (Å²) in [6.45, 7) is 0. The molecule has 4 heavy (non-hydrogen) atoms. The lowest BCUT2D eigenvalue weighted by Gasteiger charge is -1.79. The molecule has 0 amide bonds. The molecular formula is CH8OSi2. The number of rotatable bonds is 0. The van der Waals surface area contributed by atoms with Crippen molar-refractivity contribution in [2.45, 2.75) is 5.35 Å². The predicted octanol–water partition coefficient (Wildman–Crippen LogP) is -3.01. The third-order valence-electron chi connectivity index (χ3n) is 0. The second-order valence-electron chi connectivity index (χ2n) is 1.09. The molecule has 0 unspecified atom stereocenters. The Morgan fingerprint density at radius 1 is 1.50 bits per heavy atom. The Morgan fingerprint density at radius 3 is 1.50 bits per heavy atom. The van der Waals surface area contributed by atoms with Crippen molar-refractivity contribution in [3.8, 4) is 0 Å². The lowest BCUT2D eigenvalue weighted by molar-refractivity contribution is 0.332. The van der Waals surface area contributed by atoms with Crippen LogP contribution in [0.15, 0.2) is 0 Å². The van der Waals surface area contributed by atoms with Crippen LogP contribution in [0.3, 0.4) is 0 Å². The van der Waals surface area contributed by atoms with Crippen LogP contribution in [0.4, 0.5) is 0 Å². The lowest BCUT2D eigenvalue weighted by Crippen LogP contribution is -2.01. The van der Waals surface area contributed by atoms with Gasteiger partial charge in [-0.15, -0.1) is 0 Å². The molecule has 0 aromatic heterocycles. The van der Waals surface area contributed by atoms with Gasteiger partial charge in [0.2, 0.25) is 0 Å². The maximum atomic E-state index is 8.18. The Hall–Kier alpha value is 0.394. The Labute approximate surface area is 31.9 Å². The summed E-state index contributed by atoms with van der Waals surface area (Å²) in [7, 11) is 1.93. The molecule has 0 rings (SSSR count). The summed E-state index contributed by atoms with van der Waals surface area (Å²) in [5.74, 6) is 0. The summed E-state index contributed by atoms with van der Waals surface area (Å²) < 4.78 is 0. The van der Waals surface area contributed by atoms with E-state index in [1.807, 2.05) is 0 Å². The van der Waals surface area contributed by atoms with Crippen molar-refractivity contribution in [1.29, 1.82) is 0 Å². The van der Waals surface area contributed by atoms with Gasteiger partial charge in [0.15, 0.2) is 0 Å². The molecule has 0 bridgehead atoms. The van der Waals surface area contributed by atoms with Crippen LogP contribution in [0.1, 0.15) is 0 Å². The highest BCUT2D eigenvalue weighted by Crippen LogP contribution is 1.46. The van der Waals surface area contributed by atoms with Gasteiger partial charge in [0.05, 0.1) is 0 Å². The van der Waals surface area contributed by atoms with Gasteiger partial charge in [-0.3, -0.25) is 0 Å². The van der Waals surface area contributed by atoms with Gasteiger partial charge in [-0.1, -0.05) is 0 Å². The largest absolute Gasteiger partial charge is 0.402 e. The summed E-state index contributed by atoms with van der Waals surface area (Å²) in [5, 5.41) is 8.29. The minimum Gasteiger partial charge on any atom is -0.402 e. The molecule has 0 aliphatic rings. The fraction of sp³-hybridized carbons (Fsp3) is 1.00. The van der Waals surface area contributed by atoms with Crippen molar-refractivity contribution in [3.05, 3.63) is 0 Å². The number of aliphatic hydroxyl groups excluding tert-OH is 1. The van der Waals surface area contributed by atoms with E-state index in [9.17, 15) is 0 Å². The summed E-state index contributed by atoms with van der Waals surface area (Å²) in [5.41, 5.74) is 0. The summed E-state index contributed by atoms with van der Waals surface area (Å²) in [6, 6.07) is 0. The molecule has 3 heteroatoms. The fourth-order valence-electron chi connectivity index (χ4n) is 0. The average Bonchev–Trinajstić information content (AvgIpc) is 0.811. The predicted molar refractivity (Wildman–Crippen MR) is 25.9 cm³/mol. The molecule has 0 aliphatic heterocycles. The zero-order chi connectivity index (χ0) is 3.58. The highest BCUT2D eigenvalue weighted by atomic mass is 28.2. The second kappa shape index (κ2) is 1.69. The maximum absolute atomic E-state index is 8.18. The summed E-state index contributed by atoms with van der Waals surface area (Å²) >= 11 is 0. The van der Waals surface area contributed by atoms with Crippen LogP contribution in [0.5, 0.6) is 0 Å². The Morgan fingerprint density at radius 2 is 1.50 bits per heavy atom. The van der Waals surface area contributed by atoms with Crippen LogP contribution in [0.25, 0.3) is 0 Å². The highest BCUT2D eigenvalue weighted by Gasteiger charge is 1.70. The van der Waals surface area contributed by atoms with Gasteiger partial charge in [0, 0.05) is 25.8 Å². The van der Waals surface area contributed by atoms with E-state index in [0.717, 1.165) is 20.5 Å². The first kappa shape index (κ1) is 4.39. The molecule has 0 spiro atoms. The minimum atomic E-state index is 0.111. The maximum Gasteiger partial charge on any atom is 0.0335 e. The first-order valence-corrected chi connectivity index (χ1v) is 3.72. The first-order chi connectivity index (χ1) is 1.73. The Kier molecular flexibility index (Phi) is 1.85. The molecule has 0 radical (unpaired) electrons. The van der Waals surface area contributed by atoms with E-state index < -0.39 is 0 Å². The third kappa shape index (κ3) is 30.0. The fourth-order valence-corrected chi connectivity index (χ4v) is 0. The molecule has 0 aromatic carbocycles. The van der Waals surface area contributed by atoms with E-state index >= 15 is 0 Å². The summed E-state index contributed by atoms with van der Waals surface area (Å²) in [6.07, 6.45) is 0. The van der Waals surface area contributed by atoms with Gasteiger partial charge < -0.3 is 5.11 Å². The third-order valence-corrected chi connectivity index (χ3v) is 0. The van der Waals surface area contributed by atoms with E-state index in [2.05, 4.69) is 0 Å². The lowest BCUT2D eigenvalue weighted by atomic mass is 11.7. The molecule has 1 N–H and O–H groups in total. The molecular weight excluding hydrogens is 84.2 g/mol. The first-order valence-electron chi connectivity index (χ1n) is 1.41. The Bertz CT molecular complexity index is 10.8. The number of aliphatic hydroxyl groups is 1. The topological polar surface area (TPSA) is 20.2 Å². The van der Waals surface area contributed by atoms with Gasteiger partial charge in [-0.2, -0.15) is 0 Å². The van der Waals surface area contributed by atoms with E-state index in [1.54, 1.807) is 0 Å². The van der Waals surface area contributed by atoms with Gasteiger partial charge in [-0.05, 0) is 0 Å². The van der Waals surface area contributed by atoms with Gasteiger partial charge >= 0.3 is 0 Å². The van der Waals surface area contributed by atoms with Crippen molar-refractivity contribution in [2.24, 2.45) is 0 Å². The molecule has 0 saturated heterocycles. The van der Waals surface area contributed by atoms with E-state index in [0.29, 0.717) is 0 Å². The molecule has 0 fully saturated rings. The van der Waals surface area contributed by atoms with E-state index in [1.165, 1.54) is 0 Å². The molecule has 1 nitrogen and oxygen atoms in total. The SMILES string of the molecule is OC([SiH3])[SiH3]. The van der Waals surface area contributed by atoms with Crippen molar-refractivity contribution in [1.82, 2.24) is 0 Å². The van der Waals surface area contributed by atoms with E-state index in [-0.39, 0.29) is 5.35 Å². The van der Waals surface area contributed by atoms with Crippen LogP contribution in [-0.2, 0) is 0 Å². The van der Waals surface area contributed by atoms with Gasteiger partial charge in [0.25, 0.3) is 0 Å². The molecule has 0 aromatic rings. The molecule has 26 valence electrons. The Balaban J connectivity index is 2.32. The van der Waals surface area contributed by atoms with Crippen LogP contribution in [0.2, 0.25) is 0 Å². The van der Waals surface area contributed by atoms with Crippen LogP contribution >= 0.6 is 0 Å². The monoisotopic (exact) mass is 92.0 g/mol. The number of hydrogen-bond acceptors (Lipinski definition) is 1. The molecule has 0 atom stereocenters. The van der Waals surface area contributed by atoms with Crippen LogP contribution in [-0.4, -0.2) is 30.9 Å². The molecule has 0 heterocycles. The van der Waals surface area contributed by atoms with Gasteiger partial charge in [0.1, 0.15) is 0 Å².